The number of carbonyl (C=O) groups is 1. The minimum atomic E-state index is -0.555. The van der Waals surface area contributed by atoms with E-state index < -0.39 is 12.2 Å². The molecule has 1 aliphatic rings. The molecule has 1 amide bonds. The van der Waals surface area contributed by atoms with E-state index in [4.69, 9.17) is 4.74 Å². The highest BCUT2D eigenvalue weighted by Crippen LogP contribution is 2.24. The van der Waals surface area contributed by atoms with Crippen LogP contribution in [0.4, 0.5) is 0 Å². The molecule has 22 heavy (non-hydrogen) atoms. The Bertz CT molecular complexity index is 509. The fourth-order valence-electron chi connectivity index (χ4n) is 3.25. The third-order valence-corrected chi connectivity index (χ3v) is 4.39. The molecule has 0 heterocycles. The largest absolute Gasteiger partial charge is 0.481 e. The number of carbonyl (C=O) groups excluding carboxylic acids is 1. The fraction of sp³-hybridized carbons (Fsp3) is 0.611. The lowest BCUT2D eigenvalue weighted by Gasteiger charge is -2.36. The van der Waals surface area contributed by atoms with Crippen LogP contribution in [0.25, 0.3) is 0 Å². The minimum Gasteiger partial charge on any atom is -0.481 e. The smallest absolute Gasteiger partial charge is 0.263 e. The number of ether oxygens (including phenoxy) is 1. The van der Waals surface area contributed by atoms with Crippen LogP contribution in [0.15, 0.2) is 18.2 Å². The molecule has 122 valence electrons. The van der Waals surface area contributed by atoms with Crippen LogP contribution in [0.5, 0.6) is 5.75 Å². The summed E-state index contributed by atoms with van der Waals surface area (Å²) in [6, 6.07) is 5.86. The lowest BCUT2D eigenvalue weighted by molar-refractivity contribution is -0.142. The second-order valence-corrected chi connectivity index (χ2v) is 6.45. The van der Waals surface area contributed by atoms with Crippen molar-refractivity contribution in [1.29, 1.82) is 0 Å². The first-order valence-corrected chi connectivity index (χ1v) is 8.08. The van der Waals surface area contributed by atoms with Crippen LogP contribution in [0.2, 0.25) is 0 Å². The SMILES string of the molecule is Cc1cc(C)cc(O[C@H](C)C(=O)N(C)[C@@H]2CCCC[C@@H]2O)c1. The van der Waals surface area contributed by atoms with Crippen molar-refractivity contribution in [2.75, 3.05) is 7.05 Å². The highest BCUT2D eigenvalue weighted by Gasteiger charge is 2.31. The molecule has 1 N–H and O–H groups in total. The highest BCUT2D eigenvalue weighted by atomic mass is 16.5. The first kappa shape index (κ1) is 16.8. The summed E-state index contributed by atoms with van der Waals surface area (Å²) >= 11 is 0. The Hall–Kier alpha value is -1.55. The molecule has 4 nitrogen and oxygen atoms in total. The molecule has 1 fully saturated rings. The Morgan fingerprint density at radius 1 is 1.23 bits per heavy atom. The predicted molar refractivity (Wildman–Crippen MR) is 87.0 cm³/mol. The van der Waals surface area contributed by atoms with E-state index in [1.165, 1.54) is 0 Å². The van der Waals surface area contributed by atoms with Gasteiger partial charge in [-0.2, -0.15) is 0 Å². The molecule has 2 rings (SSSR count). The maximum absolute atomic E-state index is 12.6. The molecule has 1 saturated carbocycles. The van der Waals surface area contributed by atoms with Gasteiger partial charge in [-0.25, -0.2) is 0 Å². The zero-order valence-electron chi connectivity index (χ0n) is 14.0. The van der Waals surface area contributed by atoms with Gasteiger partial charge in [0, 0.05) is 7.05 Å². The molecule has 0 unspecified atom stereocenters. The monoisotopic (exact) mass is 305 g/mol. The van der Waals surface area contributed by atoms with Gasteiger partial charge >= 0.3 is 0 Å². The summed E-state index contributed by atoms with van der Waals surface area (Å²) in [4.78, 5) is 14.2. The Kier molecular flexibility index (Phi) is 5.46. The molecule has 0 bridgehead atoms. The van der Waals surface area contributed by atoms with Crippen molar-refractivity contribution in [1.82, 2.24) is 4.90 Å². The Morgan fingerprint density at radius 2 is 1.82 bits per heavy atom. The topological polar surface area (TPSA) is 49.8 Å². The number of amides is 1. The van der Waals surface area contributed by atoms with Gasteiger partial charge in [0.15, 0.2) is 6.10 Å². The number of aliphatic hydroxyl groups excluding tert-OH is 1. The molecule has 0 spiro atoms. The summed E-state index contributed by atoms with van der Waals surface area (Å²) in [6.07, 6.45) is 2.75. The number of nitrogens with zero attached hydrogens (tertiary/aromatic N) is 1. The van der Waals surface area contributed by atoms with Crippen LogP contribution in [-0.4, -0.2) is 41.2 Å². The Labute approximate surface area is 133 Å². The summed E-state index contributed by atoms with van der Waals surface area (Å²) in [5, 5.41) is 10.1. The van der Waals surface area contributed by atoms with Crippen LogP contribution < -0.4 is 4.74 Å². The lowest BCUT2D eigenvalue weighted by Crippen LogP contribution is -2.50. The molecule has 0 radical (unpaired) electrons. The van der Waals surface area contributed by atoms with Crippen molar-refractivity contribution in [3.63, 3.8) is 0 Å². The standard InChI is InChI=1S/C18H27NO3/c1-12-9-13(2)11-15(10-12)22-14(3)18(21)19(4)16-7-5-6-8-17(16)20/h9-11,14,16-17,20H,5-8H2,1-4H3/t14-,16-,17+/m1/s1. The number of hydrogen-bond donors (Lipinski definition) is 1. The van der Waals surface area contributed by atoms with Crippen LogP contribution in [0, 0.1) is 13.8 Å². The van der Waals surface area contributed by atoms with E-state index in [9.17, 15) is 9.90 Å². The Balaban J connectivity index is 2.01. The van der Waals surface area contributed by atoms with Gasteiger partial charge in [-0.15, -0.1) is 0 Å². The van der Waals surface area contributed by atoms with Crippen LogP contribution in [-0.2, 0) is 4.79 Å². The minimum absolute atomic E-state index is 0.0786. The zero-order chi connectivity index (χ0) is 16.3. The van der Waals surface area contributed by atoms with Gasteiger partial charge in [0.1, 0.15) is 5.75 Å². The molecular weight excluding hydrogens is 278 g/mol. The fourth-order valence-corrected chi connectivity index (χ4v) is 3.25. The third-order valence-electron chi connectivity index (χ3n) is 4.39. The molecule has 1 aromatic rings. The van der Waals surface area contributed by atoms with Crippen molar-refractivity contribution >= 4 is 5.91 Å². The maximum Gasteiger partial charge on any atom is 0.263 e. The van der Waals surface area contributed by atoms with E-state index in [2.05, 4.69) is 6.07 Å². The van der Waals surface area contributed by atoms with Crippen molar-refractivity contribution in [2.45, 2.75) is 64.7 Å². The second-order valence-electron chi connectivity index (χ2n) is 6.45. The van der Waals surface area contributed by atoms with Crippen LogP contribution in [0.1, 0.15) is 43.7 Å². The molecular formula is C18H27NO3. The number of aryl methyl sites for hydroxylation is 2. The van der Waals surface area contributed by atoms with Crippen LogP contribution in [0.3, 0.4) is 0 Å². The molecule has 0 aliphatic heterocycles. The molecule has 1 aromatic carbocycles. The highest BCUT2D eigenvalue weighted by molar-refractivity contribution is 5.81. The van der Waals surface area contributed by atoms with E-state index in [1.54, 1.807) is 18.9 Å². The second kappa shape index (κ2) is 7.14. The van der Waals surface area contributed by atoms with E-state index >= 15 is 0 Å². The molecule has 3 atom stereocenters. The summed E-state index contributed by atoms with van der Waals surface area (Å²) in [7, 11) is 1.77. The van der Waals surface area contributed by atoms with Crippen molar-refractivity contribution in [2.24, 2.45) is 0 Å². The average Bonchev–Trinajstić information content (AvgIpc) is 2.45. The van der Waals surface area contributed by atoms with Crippen molar-refractivity contribution < 1.29 is 14.6 Å². The van der Waals surface area contributed by atoms with Gasteiger partial charge < -0.3 is 14.7 Å². The van der Waals surface area contributed by atoms with E-state index in [0.717, 1.165) is 42.6 Å². The quantitative estimate of drug-likeness (QED) is 0.930. The number of rotatable bonds is 4. The van der Waals surface area contributed by atoms with E-state index in [1.807, 2.05) is 26.0 Å². The van der Waals surface area contributed by atoms with Crippen molar-refractivity contribution in [3.8, 4) is 5.75 Å². The van der Waals surface area contributed by atoms with Gasteiger partial charge in [-0.1, -0.05) is 18.9 Å². The third kappa shape index (κ3) is 4.01. The number of likely N-dealkylation sites (N-methyl/N-ethyl adjacent to an activating group) is 1. The van der Waals surface area contributed by atoms with Gasteiger partial charge in [0.05, 0.1) is 12.1 Å². The number of benzene rings is 1. The molecule has 0 aromatic heterocycles. The normalized spacial score (nSPS) is 23.0. The summed E-state index contributed by atoms with van der Waals surface area (Å²) < 4.78 is 5.81. The van der Waals surface area contributed by atoms with Crippen LogP contribution >= 0.6 is 0 Å². The Morgan fingerprint density at radius 3 is 2.41 bits per heavy atom. The summed E-state index contributed by atoms with van der Waals surface area (Å²) in [5.41, 5.74) is 2.23. The van der Waals surface area contributed by atoms with Crippen molar-refractivity contribution in [3.05, 3.63) is 29.3 Å². The van der Waals surface area contributed by atoms with E-state index in [0.29, 0.717) is 0 Å². The number of hydrogen-bond acceptors (Lipinski definition) is 3. The number of aliphatic hydroxyl groups is 1. The molecule has 4 heteroatoms. The van der Waals surface area contributed by atoms with Gasteiger partial charge in [-0.05, 0) is 56.9 Å². The summed E-state index contributed by atoms with van der Waals surface area (Å²) in [6.45, 7) is 5.79. The van der Waals surface area contributed by atoms with Gasteiger partial charge in [-0.3, -0.25) is 4.79 Å². The van der Waals surface area contributed by atoms with E-state index in [-0.39, 0.29) is 11.9 Å². The van der Waals surface area contributed by atoms with Gasteiger partial charge in [0.25, 0.3) is 5.91 Å². The first-order chi connectivity index (χ1) is 10.4. The summed E-state index contributed by atoms with van der Waals surface area (Å²) in [5.74, 6) is 0.640. The molecule has 0 saturated heterocycles. The maximum atomic E-state index is 12.6. The lowest BCUT2D eigenvalue weighted by atomic mass is 9.91. The molecule has 1 aliphatic carbocycles. The van der Waals surface area contributed by atoms with Gasteiger partial charge in [0.2, 0.25) is 0 Å². The average molecular weight is 305 g/mol. The first-order valence-electron chi connectivity index (χ1n) is 8.08. The zero-order valence-corrected chi connectivity index (χ0v) is 14.0. The predicted octanol–water partition coefficient (Wildman–Crippen LogP) is 2.83.